The van der Waals surface area contributed by atoms with Crippen LogP contribution in [0.3, 0.4) is 0 Å². The minimum Gasteiger partial charge on any atom is -0.744 e. The van der Waals surface area contributed by atoms with Crippen molar-refractivity contribution in [3.05, 3.63) is 155 Å². The molecule has 0 amide bonds. The maximum absolute atomic E-state index is 12.8. The number of hydrogen-bond acceptors (Lipinski definition) is 30. The van der Waals surface area contributed by atoms with Gasteiger partial charge in [0.1, 0.15) is 51.2 Å². The van der Waals surface area contributed by atoms with E-state index in [0.717, 1.165) is 72.8 Å². The number of nitrogens with one attached hydrogen (secondary N) is 4. The first-order chi connectivity index (χ1) is 44.0. The molecule has 2 aromatic heterocycles. The molecule has 10 rings (SSSR count). The van der Waals surface area contributed by atoms with E-state index in [2.05, 4.69) is 71.6 Å². The fourth-order valence-electron chi connectivity index (χ4n) is 8.85. The van der Waals surface area contributed by atoms with E-state index in [1.807, 2.05) is 0 Å². The first kappa shape index (κ1) is 73.9. The molecule has 484 valence electrons. The van der Waals surface area contributed by atoms with Gasteiger partial charge in [-0.3, -0.25) is 18.2 Å². The molecule has 2 heterocycles. The molecule has 0 saturated heterocycles. The third-order valence-electron chi connectivity index (χ3n) is 12.7. The smallest absolute Gasteiger partial charge is 0.744 e. The van der Waals surface area contributed by atoms with E-state index in [1.165, 1.54) is 24.3 Å². The quantitative estimate of drug-likeness (QED) is 0.0224. The van der Waals surface area contributed by atoms with Crippen molar-refractivity contribution >= 4 is 187 Å². The molecule has 0 saturated carbocycles. The van der Waals surface area contributed by atoms with E-state index in [9.17, 15) is 88.0 Å². The summed E-state index contributed by atoms with van der Waals surface area (Å²) < 4.78 is 220. The van der Waals surface area contributed by atoms with Gasteiger partial charge in [0.05, 0.1) is 43.3 Å². The average Bonchev–Trinajstić information content (AvgIpc) is 0.746. The summed E-state index contributed by atoms with van der Waals surface area (Å²) in [6.45, 7) is 0. The Morgan fingerprint density at radius 3 is 1.02 bits per heavy atom. The van der Waals surface area contributed by atoms with Crippen LogP contribution in [0.4, 0.5) is 69.3 Å². The van der Waals surface area contributed by atoms with Crippen molar-refractivity contribution < 1.29 is 147 Å². The first-order valence-corrected chi connectivity index (χ1v) is 34.6. The number of aromatic nitrogens is 6. The van der Waals surface area contributed by atoms with Gasteiger partial charge >= 0.3 is 59.1 Å². The Labute approximate surface area is 595 Å². The average molecular weight is 1480 g/mol. The third-order valence-corrected chi connectivity index (χ3v) is 18.4. The molecule has 0 aliphatic rings. The zero-order valence-electron chi connectivity index (χ0n) is 47.9. The van der Waals surface area contributed by atoms with Gasteiger partial charge in [0.15, 0.2) is 11.5 Å². The number of phenols is 2. The van der Waals surface area contributed by atoms with Crippen LogP contribution in [0.5, 0.6) is 11.5 Å². The van der Waals surface area contributed by atoms with Crippen LogP contribution in [-0.2, 0) is 60.7 Å². The molecule has 0 aliphatic heterocycles. The van der Waals surface area contributed by atoms with Crippen molar-refractivity contribution in [1.29, 1.82) is 0 Å². The summed E-state index contributed by atoms with van der Waals surface area (Å²) in [5.41, 5.74) is -3.86. The molecule has 10 aromatic rings. The third kappa shape index (κ3) is 17.1. The van der Waals surface area contributed by atoms with Crippen LogP contribution in [0.15, 0.2) is 183 Å². The maximum atomic E-state index is 12.8. The Bertz CT molecular complexity index is 5310. The van der Waals surface area contributed by atoms with Gasteiger partial charge < -0.3 is 40.6 Å². The molecule has 8 aromatic carbocycles. The van der Waals surface area contributed by atoms with Gasteiger partial charge in [0, 0.05) is 22.1 Å². The number of phenolic OH excluding ortho intramolecular Hbond substituents is 2. The Balaban J connectivity index is 0.00000589. The summed E-state index contributed by atoms with van der Waals surface area (Å²) in [5.74, 6) is -4.47. The minimum atomic E-state index is -5.48. The predicted octanol–water partition coefficient (Wildman–Crippen LogP) is 3.86. The zero-order valence-corrected chi connectivity index (χ0v) is 58.3. The topological polar surface area (TPSA) is 547 Å². The molecule has 96 heavy (non-hydrogen) atoms. The summed E-state index contributed by atoms with van der Waals surface area (Å²) in [4.78, 5) is 17.8. The van der Waals surface area contributed by atoms with Crippen molar-refractivity contribution in [2.45, 2.75) is 29.4 Å². The SMILES string of the molecule is O=S(=O)([O-])c1cc(Nc2nc(Cl)nc(Nc3c(S(=O)(=O)O)ccc4c(S(=O)(=O)O)cc(N=Nc5ccccc5)c(O)c34)n2)ccc1C=Cc1ccc(Nc2nc(Cl)nc(Nc3c(S(=O)(=O)O)ccc4c(S(=O)(=O)O)cc(N=Nc5ccccc5)c(O)c34)n2)cc1S(=O)(=O)[O-].[Na+].[Na+]. The van der Waals surface area contributed by atoms with Crippen LogP contribution in [0, 0.1) is 0 Å². The molecule has 0 atom stereocenters. The van der Waals surface area contributed by atoms with Crippen LogP contribution in [0.2, 0.25) is 10.6 Å². The van der Waals surface area contributed by atoms with Crippen molar-refractivity contribution in [3.8, 4) is 11.5 Å². The standard InChI is InChI=1S/C52H36Cl2N14O20S6.2Na/c53-47-59-49(63-51(61-47)57-43-35(89(71,72)73)19-17-31-39(93(83,84)85)23-33(45(69)41(31)43)67-65-27-7-3-1-4-8-27)55-29-15-13-25(37(21-29)91(77,78)79)11-12-26-14-16-30(22-38(26)92(80,81)82)56-50-60-48(54)62-52(64-50)58-44-36(90(74,75)76)20-18-32-40(94(86,87)88)24-34(46(70)42(32)44)68-66-28-9-5-2-6-10-28;;/h1-24,69-70H,(H,71,72,73)(H,74,75,76)(H,77,78,79)(H,80,81,82)(H,83,84,85)(H,86,87,88)(H2,55,57,59,61,63)(H2,56,58,60,62,64);;/q;2*+1/p-2. The largest absolute Gasteiger partial charge is 1.00 e. The monoisotopic (exact) mass is 1480 g/mol. The Morgan fingerprint density at radius 2 is 0.708 bits per heavy atom. The van der Waals surface area contributed by atoms with Crippen molar-refractivity contribution in [1.82, 2.24) is 29.9 Å². The molecule has 0 fully saturated rings. The minimum absolute atomic E-state index is 0. The molecular formula is C52H34Cl2N14Na2O20S6. The number of anilines is 8. The predicted molar refractivity (Wildman–Crippen MR) is 332 cm³/mol. The molecule has 0 spiro atoms. The summed E-state index contributed by atoms with van der Waals surface area (Å²) in [7, 11) is -32.0. The van der Waals surface area contributed by atoms with Crippen LogP contribution < -0.4 is 80.4 Å². The van der Waals surface area contributed by atoms with E-state index < -0.39 is 191 Å². The summed E-state index contributed by atoms with van der Waals surface area (Å²) in [6.07, 6.45) is 1.87. The molecule has 34 nitrogen and oxygen atoms in total. The summed E-state index contributed by atoms with van der Waals surface area (Å²) in [5, 5.41) is 44.8. The number of aromatic hydroxyl groups is 2. The number of benzene rings is 8. The number of halogens is 2. The zero-order chi connectivity index (χ0) is 68.0. The number of nitrogens with zero attached hydrogens (tertiary/aromatic N) is 10. The van der Waals surface area contributed by atoms with E-state index in [1.54, 1.807) is 36.4 Å². The van der Waals surface area contributed by atoms with Crippen LogP contribution in [0.25, 0.3) is 33.7 Å². The van der Waals surface area contributed by atoms with Gasteiger partial charge in [-0.1, -0.05) is 72.8 Å². The molecule has 0 unspecified atom stereocenters. The van der Waals surface area contributed by atoms with Gasteiger partial charge in [-0.05, 0) is 107 Å². The van der Waals surface area contributed by atoms with Crippen LogP contribution in [0.1, 0.15) is 11.1 Å². The van der Waals surface area contributed by atoms with E-state index in [0.29, 0.717) is 12.1 Å². The second-order valence-electron chi connectivity index (χ2n) is 18.9. The number of rotatable bonds is 20. The van der Waals surface area contributed by atoms with E-state index >= 15 is 0 Å². The Morgan fingerprint density at radius 1 is 0.385 bits per heavy atom. The normalized spacial score (nSPS) is 12.5. The van der Waals surface area contributed by atoms with Crippen LogP contribution >= 0.6 is 23.2 Å². The summed E-state index contributed by atoms with van der Waals surface area (Å²) >= 11 is 12.4. The second kappa shape index (κ2) is 28.6. The maximum Gasteiger partial charge on any atom is 1.00 e. The molecule has 0 bridgehead atoms. The Kier molecular flexibility index (Phi) is 22.0. The van der Waals surface area contributed by atoms with E-state index in [-0.39, 0.29) is 81.9 Å². The van der Waals surface area contributed by atoms with Gasteiger partial charge in [-0.2, -0.15) is 73.8 Å². The molecule has 0 radical (unpaired) electrons. The first-order valence-electron chi connectivity index (χ1n) is 25.3. The number of fused-ring (bicyclic) bond motifs is 2. The van der Waals surface area contributed by atoms with E-state index in [4.69, 9.17) is 23.2 Å². The molecular weight excluding hydrogens is 1450 g/mol. The van der Waals surface area contributed by atoms with Gasteiger partial charge in [-0.25, -0.2) is 16.8 Å². The molecule has 10 N–H and O–H groups in total. The number of azo groups is 2. The van der Waals surface area contributed by atoms with Gasteiger partial charge in [0.25, 0.3) is 40.5 Å². The fourth-order valence-corrected chi connectivity index (χ4v) is 13.3. The second-order valence-corrected chi connectivity index (χ2v) is 27.9. The number of hydrogen-bond donors (Lipinski definition) is 10. The van der Waals surface area contributed by atoms with Crippen molar-refractivity contribution in [2.75, 3.05) is 21.3 Å². The molecule has 44 heteroatoms. The summed E-state index contributed by atoms with van der Waals surface area (Å²) in [6, 6.07) is 25.9. The van der Waals surface area contributed by atoms with Gasteiger partial charge in [-0.15, -0.1) is 10.2 Å². The van der Waals surface area contributed by atoms with Crippen molar-refractivity contribution in [3.63, 3.8) is 0 Å². The van der Waals surface area contributed by atoms with Crippen LogP contribution in [-0.4, -0.2) is 118 Å². The molecule has 0 aliphatic carbocycles. The van der Waals surface area contributed by atoms with Crippen molar-refractivity contribution in [2.24, 2.45) is 20.5 Å². The van der Waals surface area contributed by atoms with Gasteiger partial charge in [0.2, 0.25) is 34.4 Å². The fraction of sp³-hybridized carbons (Fsp3) is 0. The Hall–Kier alpha value is -7.92.